The standard InChI is InChI=1S/C16H24N2O/c1-12-6-5-9-15(10-12)18-16(19)11-17-13(2)14-7-3-4-8-14/h5-6,9-10,13-14,17H,3-4,7-8,11H2,1-2H3,(H,18,19). The van der Waals surface area contributed by atoms with E-state index >= 15 is 0 Å². The average molecular weight is 260 g/mol. The number of aryl methyl sites for hydroxylation is 1. The van der Waals surface area contributed by atoms with Crippen molar-refractivity contribution in [2.24, 2.45) is 5.92 Å². The van der Waals surface area contributed by atoms with Crippen LogP contribution < -0.4 is 10.6 Å². The third-order valence-corrected chi connectivity index (χ3v) is 3.99. The van der Waals surface area contributed by atoms with Crippen LogP contribution in [-0.4, -0.2) is 18.5 Å². The van der Waals surface area contributed by atoms with E-state index in [1.54, 1.807) is 0 Å². The molecule has 1 aliphatic rings. The number of carbonyl (C=O) groups is 1. The molecule has 0 radical (unpaired) electrons. The van der Waals surface area contributed by atoms with Crippen LogP contribution in [0.3, 0.4) is 0 Å². The lowest BCUT2D eigenvalue weighted by atomic mass is 10.00. The Bertz CT molecular complexity index is 425. The first-order valence-corrected chi connectivity index (χ1v) is 7.25. The Hall–Kier alpha value is -1.35. The van der Waals surface area contributed by atoms with Gasteiger partial charge in [-0.15, -0.1) is 0 Å². The topological polar surface area (TPSA) is 41.1 Å². The van der Waals surface area contributed by atoms with Crippen LogP contribution in [0.5, 0.6) is 0 Å². The van der Waals surface area contributed by atoms with Crippen LogP contribution in [0.4, 0.5) is 5.69 Å². The lowest BCUT2D eigenvalue weighted by molar-refractivity contribution is -0.115. The van der Waals surface area contributed by atoms with Gasteiger partial charge in [0.1, 0.15) is 0 Å². The second-order valence-corrected chi connectivity index (χ2v) is 5.63. The van der Waals surface area contributed by atoms with Crippen molar-refractivity contribution in [3.63, 3.8) is 0 Å². The van der Waals surface area contributed by atoms with Crippen LogP contribution in [0, 0.1) is 12.8 Å². The van der Waals surface area contributed by atoms with E-state index in [0.717, 1.165) is 17.2 Å². The molecular weight excluding hydrogens is 236 g/mol. The number of benzene rings is 1. The lowest BCUT2D eigenvalue weighted by Gasteiger charge is -2.20. The maximum atomic E-state index is 11.9. The fourth-order valence-corrected chi connectivity index (χ4v) is 2.81. The summed E-state index contributed by atoms with van der Waals surface area (Å²) in [6.45, 7) is 4.61. The molecule has 19 heavy (non-hydrogen) atoms. The Kier molecular flexibility index (Phi) is 4.97. The zero-order valence-electron chi connectivity index (χ0n) is 11.9. The van der Waals surface area contributed by atoms with E-state index in [4.69, 9.17) is 0 Å². The SMILES string of the molecule is Cc1cccc(NC(=O)CNC(C)C2CCCC2)c1. The van der Waals surface area contributed by atoms with Gasteiger partial charge in [-0.1, -0.05) is 25.0 Å². The molecule has 1 amide bonds. The monoisotopic (exact) mass is 260 g/mol. The van der Waals surface area contributed by atoms with Crippen molar-refractivity contribution in [2.75, 3.05) is 11.9 Å². The van der Waals surface area contributed by atoms with Crippen LogP contribution in [0.15, 0.2) is 24.3 Å². The Morgan fingerprint density at radius 2 is 2.11 bits per heavy atom. The largest absolute Gasteiger partial charge is 0.325 e. The van der Waals surface area contributed by atoms with E-state index in [2.05, 4.69) is 17.6 Å². The molecule has 0 saturated heterocycles. The second-order valence-electron chi connectivity index (χ2n) is 5.63. The summed E-state index contributed by atoms with van der Waals surface area (Å²) in [5, 5.41) is 6.27. The minimum atomic E-state index is 0.0375. The highest BCUT2D eigenvalue weighted by molar-refractivity contribution is 5.92. The van der Waals surface area contributed by atoms with Crippen molar-refractivity contribution in [3.8, 4) is 0 Å². The first kappa shape index (κ1) is 14.1. The number of anilines is 1. The van der Waals surface area contributed by atoms with Crippen molar-refractivity contribution in [1.29, 1.82) is 0 Å². The first-order valence-electron chi connectivity index (χ1n) is 7.25. The Balaban J connectivity index is 1.75. The number of amides is 1. The van der Waals surface area contributed by atoms with Gasteiger partial charge < -0.3 is 10.6 Å². The fourth-order valence-electron chi connectivity index (χ4n) is 2.81. The molecule has 2 N–H and O–H groups in total. The van der Waals surface area contributed by atoms with E-state index < -0.39 is 0 Å². The van der Waals surface area contributed by atoms with Crippen LogP contribution in [-0.2, 0) is 4.79 Å². The molecule has 1 fully saturated rings. The minimum Gasteiger partial charge on any atom is -0.325 e. The lowest BCUT2D eigenvalue weighted by Crippen LogP contribution is -2.38. The van der Waals surface area contributed by atoms with E-state index in [9.17, 15) is 4.79 Å². The van der Waals surface area contributed by atoms with Crippen molar-refractivity contribution in [3.05, 3.63) is 29.8 Å². The van der Waals surface area contributed by atoms with Gasteiger partial charge in [-0.25, -0.2) is 0 Å². The molecule has 1 saturated carbocycles. The molecule has 2 rings (SSSR count). The predicted octanol–water partition coefficient (Wildman–Crippen LogP) is 3.10. The molecule has 3 heteroatoms. The molecule has 0 aromatic heterocycles. The molecule has 1 aromatic carbocycles. The Morgan fingerprint density at radius 3 is 2.79 bits per heavy atom. The van der Waals surface area contributed by atoms with Crippen LogP contribution in [0.2, 0.25) is 0 Å². The van der Waals surface area contributed by atoms with Crippen LogP contribution in [0.25, 0.3) is 0 Å². The summed E-state index contributed by atoms with van der Waals surface area (Å²) in [5.41, 5.74) is 2.03. The second kappa shape index (κ2) is 6.71. The maximum Gasteiger partial charge on any atom is 0.238 e. The first-order chi connectivity index (χ1) is 9.15. The number of carbonyl (C=O) groups excluding carboxylic acids is 1. The average Bonchev–Trinajstić information content (AvgIpc) is 2.90. The minimum absolute atomic E-state index is 0.0375. The summed E-state index contributed by atoms with van der Waals surface area (Å²) >= 11 is 0. The molecule has 0 spiro atoms. The van der Waals surface area contributed by atoms with Gasteiger partial charge in [0, 0.05) is 11.7 Å². The molecular formula is C16H24N2O. The summed E-state index contributed by atoms with van der Waals surface area (Å²) in [6, 6.07) is 8.32. The van der Waals surface area contributed by atoms with Crippen molar-refractivity contribution in [1.82, 2.24) is 5.32 Å². The summed E-state index contributed by atoms with van der Waals surface area (Å²) in [6.07, 6.45) is 5.28. The summed E-state index contributed by atoms with van der Waals surface area (Å²) in [4.78, 5) is 11.9. The van der Waals surface area contributed by atoms with Crippen molar-refractivity contribution >= 4 is 11.6 Å². The summed E-state index contributed by atoms with van der Waals surface area (Å²) < 4.78 is 0. The molecule has 1 atom stereocenters. The molecule has 104 valence electrons. The maximum absolute atomic E-state index is 11.9. The highest BCUT2D eigenvalue weighted by Crippen LogP contribution is 2.27. The van der Waals surface area contributed by atoms with E-state index in [-0.39, 0.29) is 5.91 Å². The van der Waals surface area contributed by atoms with E-state index in [0.29, 0.717) is 12.6 Å². The van der Waals surface area contributed by atoms with Gasteiger partial charge in [0.15, 0.2) is 0 Å². The van der Waals surface area contributed by atoms with Crippen molar-refractivity contribution < 1.29 is 4.79 Å². The Morgan fingerprint density at radius 1 is 1.37 bits per heavy atom. The molecule has 0 aliphatic heterocycles. The normalized spacial score (nSPS) is 17.4. The smallest absolute Gasteiger partial charge is 0.238 e. The molecule has 1 aliphatic carbocycles. The van der Waals surface area contributed by atoms with Crippen LogP contribution in [0.1, 0.15) is 38.2 Å². The quantitative estimate of drug-likeness (QED) is 0.854. The van der Waals surface area contributed by atoms with E-state index in [1.807, 2.05) is 31.2 Å². The number of hydrogen-bond acceptors (Lipinski definition) is 2. The van der Waals surface area contributed by atoms with Crippen LogP contribution >= 0.6 is 0 Å². The predicted molar refractivity (Wildman–Crippen MR) is 79.2 cm³/mol. The summed E-state index contributed by atoms with van der Waals surface area (Å²) in [7, 11) is 0. The van der Waals surface area contributed by atoms with E-state index in [1.165, 1.54) is 25.7 Å². The molecule has 0 bridgehead atoms. The Labute approximate surface area is 115 Å². The zero-order chi connectivity index (χ0) is 13.7. The highest BCUT2D eigenvalue weighted by atomic mass is 16.1. The van der Waals surface area contributed by atoms with Gasteiger partial charge in [0.05, 0.1) is 6.54 Å². The summed E-state index contributed by atoms with van der Waals surface area (Å²) in [5.74, 6) is 0.780. The van der Waals surface area contributed by atoms with Gasteiger partial charge in [-0.05, 0) is 50.3 Å². The van der Waals surface area contributed by atoms with Gasteiger partial charge in [-0.2, -0.15) is 0 Å². The third kappa shape index (κ3) is 4.35. The van der Waals surface area contributed by atoms with Crippen molar-refractivity contribution in [2.45, 2.75) is 45.6 Å². The number of nitrogens with one attached hydrogen (secondary N) is 2. The van der Waals surface area contributed by atoms with Gasteiger partial charge >= 0.3 is 0 Å². The number of hydrogen-bond donors (Lipinski definition) is 2. The third-order valence-electron chi connectivity index (χ3n) is 3.99. The van der Waals surface area contributed by atoms with Gasteiger partial charge in [-0.3, -0.25) is 4.79 Å². The molecule has 1 unspecified atom stereocenters. The molecule has 1 aromatic rings. The fraction of sp³-hybridized carbons (Fsp3) is 0.562. The van der Waals surface area contributed by atoms with Gasteiger partial charge in [0.25, 0.3) is 0 Å². The molecule has 0 heterocycles. The highest BCUT2D eigenvalue weighted by Gasteiger charge is 2.21. The molecule has 3 nitrogen and oxygen atoms in total. The van der Waals surface area contributed by atoms with Gasteiger partial charge in [0.2, 0.25) is 5.91 Å². The zero-order valence-corrected chi connectivity index (χ0v) is 11.9. The number of rotatable bonds is 5.